The summed E-state index contributed by atoms with van der Waals surface area (Å²) in [4.78, 5) is 38.7. The van der Waals surface area contributed by atoms with Crippen molar-refractivity contribution in [3.8, 4) is 6.01 Å². The average molecular weight is 953 g/mol. The van der Waals surface area contributed by atoms with E-state index in [9.17, 15) is 14.7 Å². The van der Waals surface area contributed by atoms with E-state index in [-0.39, 0.29) is 35.3 Å². The summed E-state index contributed by atoms with van der Waals surface area (Å²) in [5.41, 5.74) is 10.7. The Hall–Kier alpha value is -4.43. The van der Waals surface area contributed by atoms with Crippen LogP contribution in [0.4, 0.5) is 16.6 Å². The highest BCUT2D eigenvalue weighted by molar-refractivity contribution is 5.94. The molecule has 2 aromatic heterocycles. The molecule has 3 aromatic rings. The molecule has 7 rings (SSSR count). The number of hydrogen-bond donors (Lipinski definition) is 7. The number of alkyl carbamates (subject to hydrolysis) is 1. The Balaban J connectivity index is 0.698. The number of unbranched alkanes of at least 4 members (excludes halogenated alkanes) is 2. The summed E-state index contributed by atoms with van der Waals surface area (Å²) in [7, 11) is 0. The molecule has 0 spiro atoms. The van der Waals surface area contributed by atoms with Gasteiger partial charge in [0, 0.05) is 31.6 Å². The molecule has 2 heterocycles. The minimum Gasteiger partial charge on any atom is -0.480 e. The lowest BCUT2D eigenvalue weighted by Gasteiger charge is -2.58. The van der Waals surface area contributed by atoms with E-state index in [2.05, 4.69) is 89.2 Å². The van der Waals surface area contributed by atoms with E-state index < -0.39 is 0 Å². The van der Waals surface area contributed by atoms with Crippen molar-refractivity contribution < 1.29 is 19.4 Å². The van der Waals surface area contributed by atoms with E-state index >= 15 is 0 Å². The van der Waals surface area contributed by atoms with Crippen molar-refractivity contribution in [2.45, 2.75) is 163 Å². The molecule has 0 bridgehead atoms. The SMILES string of the molecule is CCCCNc1nc(N)c2nc(O)n(Cc3ccc(C(=O)NCCCNCCCCNCCCNC(=O)O[C@H]4CC[C@@]5(C)C(=CC[C@H]6[C@@H]7CC[C@H]([C@H](C)CCCC(C)C)[C@@]7(C)CC[C@@H]65)C4)cc3)c2n1. The van der Waals surface area contributed by atoms with Gasteiger partial charge in [0.15, 0.2) is 17.0 Å². The highest BCUT2D eigenvalue weighted by Crippen LogP contribution is 2.67. The Morgan fingerprint density at radius 3 is 2.28 bits per heavy atom. The normalized spacial score (nSPS) is 25.7. The molecule has 8 atom stereocenters. The van der Waals surface area contributed by atoms with Gasteiger partial charge in [0.25, 0.3) is 11.9 Å². The standard InChI is InChI=1S/C55H88N10O4/c1-7-8-32-60-51-63-48(56)47-49(64-51)65(52(67)62-47)36-39-16-18-40(19-17-39)50(66)59-33-12-30-57-28-9-10-29-58-31-13-34-61-53(68)69-42-24-26-54(5)41(35-42)20-21-43-45-23-22-44(38(4)15-11-14-37(2)3)55(45,6)27-25-46(43)54/h16-20,37-38,42-46,57-58H,7-15,21-36H2,1-6H3,(H,59,66)(H,61,68)(H,62,67)(H3,56,60,63,64)/t38-,42+,43+,44-,45+,46+,54+,55-/m1/s1. The fourth-order valence-corrected chi connectivity index (χ4v) is 13.2. The molecule has 0 saturated heterocycles. The fourth-order valence-electron chi connectivity index (χ4n) is 13.2. The van der Waals surface area contributed by atoms with Gasteiger partial charge >= 0.3 is 6.09 Å². The Morgan fingerprint density at radius 2 is 1.55 bits per heavy atom. The van der Waals surface area contributed by atoms with Gasteiger partial charge in [0.05, 0.1) is 6.54 Å². The van der Waals surface area contributed by atoms with Gasteiger partial charge in [-0.25, -0.2) is 4.79 Å². The van der Waals surface area contributed by atoms with Crippen molar-refractivity contribution in [3.05, 3.63) is 47.0 Å². The molecular weight excluding hydrogens is 865 g/mol. The van der Waals surface area contributed by atoms with Crippen LogP contribution in [-0.4, -0.2) is 88.5 Å². The average Bonchev–Trinajstić information content (AvgIpc) is 3.85. The van der Waals surface area contributed by atoms with Crippen LogP contribution < -0.4 is 32.3 Å². The first-order valence-corrected chi connectivity index (χ1v) is 27.2. The van der Waals surface area contributed by atoms with Crippen molar-refractivity contribution in [2.75, 3.05) is 56.9 Å². The number of nitrogens with zero attached hydrogens (tertiary/aromatic N) is 4. The van der Waals surface area contributed by atoms with Gasteiger partial charge in [-0.05, 0) is 167 Å². The molecule has 69 heavy (non-hydrogen) atoms. The zero-order valence-corrected chi connectivity index (χ0v) is 43.1. The molecule has 3 fully saturated rings. The summed E-state index contributed by atoms with van der Waals surface area (Å²) in [6.45, 7) is 20.4. The second-order valence-corrected chi connectivity index (χ2v) is 22.2. The number of rotatable bonds is 26. The van der Waals surface area contributed by atoms with E-state index in [1.54, 1.807) is 22.3 Å². The van der Waals surface area contributed by atoms with Crippen molar-refractivity contribution >= 4 is 34.9 Å². The highest BCUT2D eigenvalue weighted by Gasteiger charge is 2.59. The topological polar surface area (TPSA) is 193 Å². The van der Waals surface area contributed by atoms with Crippen LogP contribution in [0, 0.1) is 46.3 Å². The Labute approximate surface area is 413 Å². The molecule has 4 aliphatic rings. The van der Waals surface area contributed by atoms with E-state index in [0.29, 0.717) is 47.7 Å². The number of aromatic nitrogens is 4. The number of nitrogen functional groups attached to an aromatic ring is 1. The number of fused-ring (bicyclic) bond motifs is 6. The molecule has 2 amide bonds. The van der Waals surface area contributed by atoms with Crippen molar-refractivity contribution in [1.82, 2.24) is 40.8 Å². The van der Waals surface area contributed by atoms with Gasteiger partial charge in [0.2, 0.25) is 5.95 Å². The van der Waals surface area contributed by atoms with Crippen LogP contribution in [-0.2, 0) is 11.3 Å². The lowest BCUT2D eigenvalue weighted by molar-refractivity contribution is -0.0581. The Morgan fingerprint density at radius 1 is 0.826 bits per heavy atom. The van der Waals surface area contributed by atoms with E-state index in [1.165, 1.54) is 51.4 Å². The lowest BCUT2D eigenvalue weighted by Crippen LogP contribution is -2.51. The van der Waals surface area contributed by atoms with E-state index in [4.69, 9.17) is 10.5 Å². The zero-order valence-electron chi connectivity index (χ0n) is 43.1. The van der Waals surface area contributed by atoms with Crippen LogP contribution in [0.15, 0.2) is 35.9 Å². The minimum absolute atomic E-state index is 0.0168. The van der Waals surface area contributed by atoms with Crippen LogP contribution in [0.2, 0.25) is 0 Å². The first-order valence-electron chi connectivity index (χ1n) is 27.2. The second kappa shape index (κ2) is 24.6. The third-order valence-corrected chi connectivity index (χ3v) is 17.1. The highest BCUT2D eigenvalue weighted by atomic mass is 16.6. The maximum atomic E-state index is 12.8. The number of hydrogen-bond acceptors (Lipinski definition) is 11. The van der Waals surface area contributed by atoms with E-state index in [0.717, 1.165) is 132 Å². The number of aromatic hydroxyl groups is 1. The molecule has 0 aliphatic heterocycles. The molecule has 14 heteroatoms. The summed E-state index contributed by atoms with van der Waals surface area (Å²) < 4.78 is 7.61. The molecule has 4 aliphatic carbocycles. The molecule has 3 saturated carbocycles. The maximum absolute atomic E-state index is 12.8. The van der Waals surface area contributed by atoms with Gasteiger partial charge < -0.3 is 42.2 Å². The maximum Gasteiger partial charge on any atom is 0.407 e. The summed E-state index contributed by atoms with van der Waals surface area (Å²) in [5, 5.41) is 26.8. The molecule has 14 nitrogen and oxygen atoms in total. The molecular formula is C55H88N10O4. The Kier molecular flexibility index (Phi) is 18.7. The summed E-state index contributed by atoms with van der Waals surface area (Å²) in [5.74, 6) is 5.50. The summed E-state index contributed by atoms with van der Waals surface area (Å²) in [6, 6.07) is 7.11. The predicted octanol–water partition coefficient (Wildman–Crippen LogP) is 9.98. The molecule has 382 valence electrons. The first kappa shape index (κ1) is 52.4. The zero-order chi connectivity index (χ0) is 49.0. The third-order valence-electron chi connectivity index (χ3n) is 17.1. The van der Waals surface area contributed by atoms with Crippen LogP contribution in [0.3, 0.4) is 0 Å². The smallest absolute Gasteiger partial charge is 0.407 e. The minimum atomic E-state index is -0.267. The summed E-state index contributed by atoms with van der Waals surface area (Å²) in [6.07, 6.45) is 22.2. The van der Waals surface area contributed by atoms with Crippen molar-refractivity contribution in [3.63, 3.8) is 0 Å². The number of carbonyl (C=O) groups is 2. The predicted molar refractivity (Wildman–Crippen MR) is 278 cm³/mol. The lowest BCUT2D eigenvalue weighted by atomic mass is 9.47. The monoisotopic (exact) mass is 953 g/mol. The van der Waals surface area contributed by atoms with Crippen LogP contribution in [0.5, 0.6) is 6.01 Å². The molecule has 0 radical (unpaired) electrons. The largest absolute Gasteiger partial charge is 0.480 e. The molecule has 0 unspecified atom stereocenters. The number of carbonyl (C=O) groups excluding carboxylic acids is 2. The van der Waals surface area contributed by atoms with Gasteiger partial charge in [-0.2, -0.15) is 15.0 Å². The quantitative estimate of drug-likeness (QED) is 0.0299. The number of allylic oxidation sites excluding steroid dienone is 1. The Bertz CT molecular complexity index is 2160. The molecule has 1 aromatic carbocycles. The third kappa shape index (κ3) is 13.1. The van der Waals surface area contributed by atoms with Crippen molar-refractivity contribution in [1.29, 1.82) is 0 Å². The number of anilines is 2. The van der Waals surface area contributed by atoms with Crippen LogP contribution in [0.1, 0.15) is 167 Å². The van der Waals surface area contributed by atoms with Crippen LogP contribution in [0.25, 0.3) is 11.2 Å². The second-order valence-electron chi connectivity index (χ2n) is 22.2. The van der Waals surface area contributed by atoms with Gasteiger partial charge in [0.1, 0.15) is 6.10 Å². The number of benzene rings is 1. The molecule has 8 N–H and O–H groups in total. The van der Waals surface area contributed by atoms with E-state index in [1.807, 2.05) is 12.1 Å². The number of ether oxygens (including phenoxy) is 1. The summed E-state index contributed by atoms with van der Waals surface area (Å²) >= 11 is 0. The van der Waals surface area contributed by atoms with Crippen LogP contribution >= 0.6 is 0 Å². The number of nitrogens with one attached hydrogen (secondary N) is 5. The number of nitrogens with two attached hydrogens (primary N) is 1. The first-order chi connectivity index (χ1) is 33.3. The van der Waals surface area contributed by atoms with Gasteiger partial charge in [-0.3, -0.25) is 9.36 Å². The van der Waals surface area contributed by atoms with Crippen molar-refractivity contribution in [2.24, 2.45) is 46.3 Å². The fraction of sp³-hybridized carbons (Fsp3) is 0.727. The number of imidazole rings is 1. The number of amides is 2. The van der Waals surface area contributed by atoms with Gasteiger partial charge in [-0.15, -0.1) is 0 Å². The van der Waals surface area contributed by atoms with Gasteiger partial charge in [-0.1, -0.05) is 91.0 Å².